The van der Waals surface area contributed by atoms with E-state index in [4.69, 9.17) is 8.94 Å². The van der Waals surface area contributed by atoms with Gasteiger partial charge in [-0.25, -0.2) is 4.98 Å². The zero-order chi connectivity index (χ0) is 14.7. The zero-order valence-electron chi connectivity index (χ0n) is 11.1. The summed E-state index contributed by atoms with van der Waals surface area (Å²) in [5.41, 5.74) is 0.737. The molecule has 1 N–H and O–H groups in total. The molecule has 3 aromatic rings. The van der Waals surface area contributed by atoms with Crippen LogP contribution in [0.1, 0.15) is 29.4 Å². The third kappa shape index (κ3) is 2.78. The number of pyridine rings is 1. The van der Waals surface area contributed by atoms with Crippen molar-refractivity contribution in [3.8, 4) is 11.4 Å². The molecule has 0 aliphatic carbocycles. The van der Waals surface area contributed by atoms with E-state index in [1.807, 2.05) is 6.07 Å². The van der Waals surface area contributed by atoms with Crippen molar-refractivity contribution in [3.63, 3.8) is 0 Å². The van der Waals surface area contributed by atoms with Crippen molar-refractivity contribution in [2.24, 2.45) is 0 Å². The predicted molar refractivity (Wildman–Crippen MR) is 69.9 cm³/mol. The maximum absolute atomic E-state index is 11.8. The molecule has 1 atom stereocenters. The first kappa shape index (κ1) is 13.0. The fraction of sp³-hybridized carbons (Fsp3) is 0.154. The standard InChI is InChI=1S/C13H11N5O3/c1-8(16-12(19)10-6-15-7-20-10)13-17-11(18-21-13)9-3-2-4-14-5-9/h2-8H,1H3,(H,16,19). The third-order valence-corrected chi connectivity index (χ3v) is 2.74. The average molecular weight is 285 g/mol. The first-order valence-electron chi connectivity index (χ1n) is 6.17. The summed E-state index contributed by atoms with van der Waals surface area (Å²) in [6, 6.07) is 3.14. The third-order valence-electron chi connectivity index (χ3n) is 2.74. The Kier molecular flexibility index (Phi) is 3.42. The second-order valence-corrected chi connectivity index (χ2v) is 4.26. The summed E-state index contributed by atoms with van der Waals surface area (Å²) >= 11 is 0. The van der Waals surface area contributed by atoms with Crippen molar-refractivity contribution < 1.29 is 13.7 Å². The molecule has 21 heavy (non-hydrogen) atoms. The van der Waals surface area contributed by atoms with Gasteiger partial charge in [-0.3, -0.25) is 9.78 Å². The van der Waals surface area contributed by atoms with Crippen LogP contribution in [-0.2, 0) is 0 Å². The molecule has 1 unspecified atom stereocenters. The molecule has 106 valence electrons. The molecule has 0 bridgehead atoms. The Morgan fingerprint density at radius 2 is 2.24 bits per heavy atom. The first-order valence-corrected chi connectivity index (χ1v) is 6.17. The Morgan fingerprint density at radius 3 is 2.95 bits per heavy atom. The zero-order valence-corrected chi connectivity index (χ0v) is 11.1. The highest BCUT2D eigenvalue weighted by atomic mass is 16.5. The van der Waals surface area contributed by atoms with E-state index in [1.165, 1.54) is 12.6 Å². The molecular weight excluding hydrogens is 274 g/mol. The van der Waals surface area contributed by atoms with Gasteiger partial charge in [0.2, 0.25) is 17.5 Å². The Hall–Kier alpha value is -3.03. The minimum Gasteiger partial charge on any atom is -0.438 e. The lowest BCUT2D eigenvalue weighted by Gasteiger charge is -2.07. The lowest BCUT2D eigenvalue weighted by molar-refractivity contribution is 0.0904. The number of aromatic nitrogens is 4. The van der Waals surface area contributed by atoms with Crippen LogP contribution in [0.15, 0.2) is 46.1 Å². The van der Waals surface area contributed by atoms with Crippen LogP contribution in [-0.4, -0.2) is 26.0 Å². The number of nitrogens with one attached hydrogen (secondary N) is 1. The minimum atomic E-state index is -0.458. The Bertz CT molecular complexity index is 723. The van der Waals surface area contributed by atoms with E-state index >= 15 is 0 Å². The summed E-state index contributed by atoms with van der Waals surface area (Å²) in [6.07, 6.45) is 5.81. The number of hydrogen-bond acceptors (Lipinski definition) is 7. The summed E-state index contributed by atoms with van der Waals surface area (Å²) in [6.45, 7) is 1.73. The molecule has 3 heterocycles. The molecule has 0 aliphatic heterocycles. The topological polar surface area (TPSA) is 107 Å². The van der Waals surface area contributed by atoms with Gasteiger partial charge in [0.1, 0.15) is 6.04 Å². The molecule has 3 rings (SSSR count). The first-order chi connectivity index (χ1) is 10.2. The van der Waals surface area contributed by atoms with Gasteiger partial charge in [-0.2, -0.15) is 4.98 Å². The highest BCUT2D eigenvalue weighted by Crippen LogP contribution is 2.17. The molecule has 0 fully saturated rings. The maximum Gasteiger partial charge on any atom is 0.289 e. The van der Waals surface area contributed by atoms with E-state index in [0.29, 0.717) is 11.7 Å². The maximum atomic E-state index is 11.8. The number of amides is 1. The highest BCUT2D eigenvalue weighted by molar-refractivity contribution is 5.91. The van der Waals surface area contributed by atoms with Crippen molar-refractivity contribution in [2.45, 2.75) is 13.0 Å². The largest absolute Gasteiger partial charge is 0.438 e. The summed E-state index contributed by atoms with van der Waals surface area (Å²) in [4.78, 5) is 23.7. The molecule has 0 aliphatic rings. The van der Waals surface area contributed by atoms with Gasteiger partial charge in [-0.1, -0.05) is 5.16 Å². The number of carbonyl (C=O) groups excluding carboxylic acids is 1. The molecule has 0 aromatic carbocycles. The molecule has 8 nitrogen and oxygen atoms in total. The Morgan fingerprint density at radius 1 is 1.33 bits per heavy atom. The number of nitrogens with zero attached hydrogens (tertiary/aromatic N) is 4. The molecule has 8 heteroatoms. The number of hydrogen-bond donors (Lipinski definition) is 1. The van der Waals surface area contributed by atoms with Gasteiger partial charge in [0.15, 0.2) is 6.39 Å². The molecular formula is C13H11N5O3. The normalized spacial score (nSPS) is 12.0. The summed E-state index contributed by atoms with van der Waals surface area (Å²) in [5.74, 6) is 0.426. The Labute approximate surface area is 119 Å². The van der Waals surface area contributed by atoms with Crippen LogP contribution < -0.4 is 5.32 Å². The van der Waals surface area contributed by atoms with Crippen LogP contribution in [0.25, 0.3) is 11.4 Å². The van der Waals surface area contributed by atoms with Crippen LogP contribution >= 0.6 is 0 Å². The van der Waals surface area contributed by atoms with Crippen LogP contribution in [0.2, 0.25) is 0 Å². The van der Waals surface area contributed by atoms with Gasteiger partial charge >= 0.3 is 0 Å². The van der Waals surface area contributed by atoms with Crippen molar-refractivity contribution in [3.05, 3.63) is 48.8 Å². The number of carbonyl (C=O) groups is 1. The van der Waals surface area contributed by atoms with Gasteiger partial charge in [-0.05, 0) is 19.1 Å². The van der Waals surface area contributed by atoms with Crippen molar-refractivity contribution in [1.82, 2.24) is 25.4 Å². The summed E-state index contributed by atoms with van der Waals surface area (Å²) in [5, 5.41) is 6.54. The lowest BCUT2D eigenvalue weighted by atomic mass is 10.3. The van der Waals surface area contributed by atoms with E-state index in [1.54, 1.807) is 25.4 Å². The van der Waals surface area contributed by atoms with Crippen LogP contribution in [0.4, 0.5) is 0 Å². The SMILES string of the molecule is CC(NC(=O)c1cnco1)c1nc(-c2cccnc2)no1. The van der Waals surface area contributed by atoms with Crippen molar-refractivity contribution >= 4 is 5.91 Å². The summed E-state index contributed by atoms with van der Waals surface area (Å²) < 4.78 is 10.1. The molecule has 0 radical (unpaired) electrons. The van der Waals surface area contributed by atoms with E-state index in [0.717, 1.165) is 5.56 Å². The van der Waals surface area contributed by atoms with Crippen LogP contribution in [0.3, 0.4) is 0 Å². The van der Waals surface area contributed by atoms with Gasteiger partial charge in [0.25, 0.3) is 5.91 Å². The quantitative estimate of drug-likeness (QED) is 0.775. The predicted octanol–water partition coefficient (Wildman–Crippen LogP) is 1.61. The fourth-order valence-electron chi connectivity index (χ4n) is 1.68. The summed E-state index contributed by atoms with van der Waals surface area (Å²) in [7, 11) is 0. The minimum absolute atomic E-state index is 0.119. The second-order valence-electron chi connectivity index (χ2n) is 4.26. The van der Waals surface area contributed by atoms with Crippen LogP contribution in [0.5, 0.6) is 0 Å². The van der Waals surface area contributed by atoms with E-state index in [9.17, 15) is 4.79 Å². The smallest absolute Gasteiger partial charge is 0.289 e. The highest BCUT2D eigenvalue weighted by Gasteiger charge is 2.19. The van der Waals surface area contributed by atoms with Crippen molar-refractivity contribution in [1.29, 1.82) is 0 Å². The lowest BCUT2D eigenvalue weighted by Crippen LogP contribution is -2.26. The van der Waals surface area contributed by atoms with Gasteiger partial charge < -0.3 is 14.3 Å². The number of rotatable bonds is 4. The van der Waals surface area contributed by atoms with Crippen molar-refractivity contribution in [2.75, 3.05) is 0 Å². The fourth-order valence-corrected chi connectivity index (χ4v) is 1.68. The van der Waals surface area contributed by atoms with E-state index in [2.05, 4.69) is 25.4 Å². The Balaban J connectivity index is 1.73. The molecule has 1 amide bonds. The monoisotopic (exact) mass is 285 g/mol. The molecule has 0 saturated heterocycles. The average Bonchev–Trinajstić information content (AvgIpc) is 3.20. The number of oxazole rings is 1. The van der Waals surface area contributed by atoms with E-state index < -0.39 is 11.9 Å². The van der Waals surface area contributed by atoms with E-state index in [-0.39, 0.29) is 5.76 Å². The molecule has 0 saturated carbocycles. The second kappa shape index (κ2) is 5.53. The molecule has 3 aromatic heterocycles. The van der Waals surface area contributed by atoms with Crippen LogP contribution in [0, 0.1) is 0 Å². The van der Waals surface area contributed by atoms with Gasteiger partial charge in [0, 0.05) is 18.0 Å². The van der Waals surface area contributed by atoms with Gasteiger partial charge in [-0.15, -0.1) is 0 Å². The molecule has 0 spiro atoms. The van der Waals surface area contributed by atoms with Gasteiger partial charge in [0.05, 0.1) is 6.20 Å².